The quantitative estimate of drug-likeness (QED) is 0.259. The van der Waals surface area contributed by atoms with E-state index in [2.05, 4.69) is 22.8 Å². The molecule has 204 valence electrons. The van der Waals surface area contributed by atoms with Crippen LogP contribution in [-0.2, 0) is 27.2 Å². The Labute approximate surface area is 215 Å². The Morgan fingerprint density at radius 3 is 2.72 bits per heavy atom. The van der Waals surface area contributed by atoms with Crippen LogP contribution < -0.4 is 10.6 Å². The number of amides is 1. The molecule has 2 heterocycles. The molecule has 1 aromatic heterocycles. The molecule has 9 heteroatoms. The lowest BCUT2D eigenvalue weighted by atomic mass is 9.99. The summed E-state index contributed by atoms with van der Waals surface area (Å²) < 4.78 is 19.3. The molecule has 0 saturated carbocycles. The van der Waals surface area contributed by atoms with Gasteiger partial charge in [0, 0.05) is 38.9 Å². The van der Waals surface area contributed by atoms with E-state index < -0.39 is 18.2 Å². The van der Waals surface area contributed by atoms with Crippen molar-refractivity contribution in [3.05, 3.63) is 23.4 Å². The Morgan fingerprint density at radius 2 is 2.03 bits per heavy atom. The number of unbranched alkanes of at least 4 members (excludes halogenated alkanes) is 1. The number of carbonyl (C=O) groups excluding carboxylic acids is 1. The fourth-order valence-corrected chi connectivity index (χ4v) is 4.62. The SMILES string of the molecule is CCC(CC)CC(=O)NC(CCN(CCCCc1ccc2c(n1)NCCC2)CC(F)COC)C(=O)O. The van der Waals surface area contributed by atoms with Crippen molar-refractivity contribution in [1.82, 2.24) is 15.2 Å². The lowest BCUT2D eigenvalue weighted by Gasteiger charge is -2.26. The second-order valence-electron chi connectivity index (χ2n) is 9.78. The summed E-state index contributed by atoms with van der Waals surface area (Å²) in [5.74, 6) is -0.0603. The van der Waals surface area contributed by atoms with Crippen molar-refractivity contribution in [2.24, 2.45) is 5.92 Å². The number of alkyl halides is 1. The molecule has 2 atom stereocenters. The number of aromatic nitrogens is 1. The Bertz CT molecular complexity index is 806. The molecule has 8 nitrogen and oxygen atoms in total. The predicted octanol–water partition coefficient (Wildman–Crippen LogP) is 3.83. The van der Waals surface area contributed by atoms with E-state index in [1.165, 1.54) is 12.7 Å². The number of carboxylic acid groups (broad SMARTS) is 1. The summed E-state index contributed by atoms with van der Waals surface area (Å²) in [5.41, 5.74) is 2.31. The monoisotopic (exact) mass is 508 g/mol. The lowest BCUT2D eigenvalue weighted by Crippen LogP contribution is -2.44. The number of methoxy groups -OCH3 is 1. The number of halogens is 1. The van der Waals surface area contributed by atoms with Crippen molar-refractivity contribution in [2.75, 3.05) is 45.2 Å². The van der Waals surface area contributed by atoms with Crippen molar-refractivity contribution in [1.29, 1.82) is 0 Å². The maximum Gasteiger partial charge on any atom is 0.326 e. The van der Waals surface area contributed by atoms with Crippen LogP contribution in [0.3, 0.4) is 0 Å². The highest BCUT2D eigenvalue weighted by Crippen LogP contribution is 2.20. The Balaban J connectivity index is 1.86. The van der Waals surface area contributed by atoms with Gasteiger partial charge in [0.1, 0.15) is 18.0 Å². The standard InChI is InChI=1S/C27H45FN4O4/c1-4-20(5-2)17-25(33)31-24(27(34)35)13-16-32(18-22(28)19-36-3)15-7-6-10-23-12-11-21-9-8-14-29-26(21)30-23/h11-12,20,22,24H,4-10,13-19H2,1-3H3,(H,29,30)(H,31,33)(H,34,35). The van der Waals surface area contributed by atoms with Crippen molar-refractivity contribution in [3.63, 3.8) is 0 Å². The molecule has 0 radical (unpaired) electrons. The van der Waals surface area contributed by atoms with Crippen LogP contribution in [0.1, 0.15) is 70.1 Å². The van der Waals surface area contributed by atoms with Gasteiger partial charge in [-0.25, -0.2) is 14.2 Å². The molecule has 0 saturated heterocycles. The zero-order valence-corrected chi connectivity index (χ0v) is 22.2. The summed E-state index contributed by atoms with van der Waals surface area (Å²) in [4.78, 5) is 30.8. The average molecular weight is 509 g/mol. The summed E-state index contributed by atoms with van der Waals surface area (Å²) >= 11 is 0. The molecule has 0 aliphatic carbocycles. The van der Waals surface area contributed by atoms with E-state index in [0.29, 0.717) is 19.5 Å². The predicted molar refractivity (Wildman–Crippen MR) is 140 cm³/mol. The summed E-state index contributed by atoms with van der Waals surface area (Å²) in [6.07, 6.45) is 5.92. The Morgan fingerprint density at radius 1 is 1.25 bits per heavy atom. The number of aliphatic carboxylic acids is 1. The van der Waals surface area contributed by atoms with Gasteiger partial charge in [0.15, 0.2) is 0 Å². The number of carboxylic acids is 1. The van der Waals surface area contributed by atoms with Crippen LogP contribution in [0, 0.1) is 5.92 Å². The van der Waals surface area contributed by atoms with Gasteiger partial charge in [-0.3, -0.25) is 4.79 Å². The first-order valence-corrected chi connectivity index (χ1v) is 13.5. The Hall–Kier alpha value is -2.26. The zero-order chi connectivity index (χ0) is 26.3. The van der Waals surface area contributed by atoms with Crippen LogP contribution in [0.2, 0.25) is 0 Å². The summed E-state index contributed by atoms with van der Waals surface area (Å²) in [7, 11) is 1.47. The minimum absolute atomic E-state index is 0.00291. The molecule has 2 rings (SSSR count). The summed E-state index contributed by atoms with van der Waals surface area (Å²) in [6, 6.07) is 3.25. The van der Waals surface area contributed by atoms with Gasteiger partial charge in [0.2, 0.25) is 5.91 Å². The molecule has 0 fully saturated rings. The second kappa shape index (κ2) is 16.5. The fourth-order valence-electron chi connectivity index (χ4n) is 4.62. The lowest BCUT2D eigenvalue weighted by molar-refractivity contribution is -0.142. The van der Waals surface area contributed by atoms with Gasteiger partial charge in [-0.05, 0) is 62.6 Å². The third-order valence-electron chi connectivity index (χ3n) is 6.91. The molecular formula is C27H45FN4O4. The number of ether oxygens (including phenoxy) is 1. The van der Waals surface area contributed by atoms with E-state index in [-0.39, 0.29) is 31.4 Å². The van der Waals surface area contributed by atoms with Crippen molar-refractivity contribution in [3.8, 4) is 0 Å². The molecule has 2 unspecified atom stereocenters. The van der Waals surface area contributed by atoms with Gasteiger partial charge in [0.05, 0.1) is 6.61 Å². The molecule has 0 spiro atoms. The second-order valence-corrected chi connectivity index (χ2v) is 9.78. The number of aryl methyl sites for hydroxylation is 2. The van der Waals surface area contributed by atoms with E-state index in [9.17, 15) is 19.1 Å². The third-order valence-corrected chi connectivity index (χ3v) is 6.91. The van der Waals surface area contributed by atoms with Gasteiger partial charge in [-0.15, -0.1) is 0 Å². The highest BCUT2D eigenvalue weighted by molar-refractivity contribution is 5.83. The number of anilines is 1. The number of pyridine rings is 1. The first-order chi connectivity index (χ1) is 17.4. The third kappa shape index (κ3) is 10.8. The minimum Gasteiger partial charge on any atom is -0.480 e. The van der Waals surface area contributed by atoms with Crippen LogP contribution in [0.5, 0.6) is 0 Å². The van der Waals surface area contributed by atoms with Crippen LogP contribution in [0.15, 0.2) is 12.1 Å². The molecule has 3 N–H and O–H groups in total. The molecule has 1 amide bonds. The smallest absolute Gasteiger partial charge is 0.326 e. The number of hydrogen-bond acceptors (Lipinski definition) is 6. The number of rotatable bonds is 18. The molecule has 0 bridgehead atoms. The topological polar surface area (TPSA) is 104 Å². The number of nitrogens with one attached hydrogen (secondary N) is 2. The fraction of sp³-hybridized carbons (Fsp3) is 0.741. The Kier molecular flexibility index (Phi) is 13.7. The van der Waals surface area contributed by atoms with Gasteiger partial charge in [-0.1, -0.05) is 32.8 Å². The molecule has 0 aromatic carbocycles. The van der Waals surface area contributed by atoms with Crippen molar-refractivity contribution >= 4 is 17.7 Å². The molecular weight excluding hydrogens is 463 g/mol. The largest absolute Gasteiger partial charge is 0.480 e. The highest BCUT2D eigenvalue weighted by atomic mass is 19.1. The van der Waals surface area contributed by atoms with E-state index in [1.807, 2.05) is 18.7 Å². The number of carbonyl (C=O) groups is 2. The van der Waals surface area contributed by atoms with E-state index in [0.717, 1.165) is 63.0 Å². The van der Waals surface area contributed by atoms with Crippen LogP contribution in [0.4, 0.5) is 10.2 Å². The molecule has 1 aliphatic heterocycles. The zero-order valence-electron chi connectivity index (χ0n) is 22.2. The number of hydrogen-bond donors (Lipinski definition) is 3. The average Bonchev–Trinajstić information content (AvgIpc) is 2.87. The van der Waals surface area contributed by atoms with Gasteiger partial charge in [0.25, 0.3) is 0 Å². The van der Waals surface area contributed by atoms with Crippen LogP contribution in [-0.4, -0.2) is 79.0 Å². The molecule has 1 aliphatic rings. The number of nitrogens with zero attached hydrogens (tertiary/aromatic N) is 2. The van der Waals surface area contributed by atoms with Gasteiger partial charge in [-0.2, -0.15) is 0 Å². The van der Waals surface area contributed by atoms with Gasteiger partial charge >= 0.3 is 5.97 Å². The highest BCUT2D eigenvalue weighted by Gasteiger charge is 2.23. The first-order valence-electron chi connectivity index (χ1n) is 13.5. The normalized spacial score (nSPS) is 14.8. The molecule has 1 aromatic rings. The first kappa shape index (κ1) is 30.0. The molecule has 36 heavy (non-hydrogen) atoms. The maximum atomic E-state index is 14.3. The van der Waals surface area contributed by atoms with Crippen molar-refractivity contribution in [2.45, 2.75) is 83.8 Å². The van der Waals surface area contributed by atoms with Crippen LogP contribution in [0.25, 0.3) is 0 Å². The van der Waals surface area contributed by atoms with Crippen LogP contribution >= 0.6 is 0 Å². The van der Waals surface area contributed by atoms with E-state index >= 15 is 0 Å². The van der Waals surface area contributed by atoms with Gasteiger partial charge < -0.3 is 25.4 Å². The van der Waals surface area contributed by atoms with E-state index in [1.54, 1.807) is 0 Å². The maximum absolute atomic E-state index is 14.3. The van der Waals surface area contributed by atoms with Crippen molar-refractivity contribution < 1.29 is 23.8 Å². The minimum atomic E-state index is -1.16. The summed E-state index contributed by atoms with van der Waals surface area (Å²) in [6.45, 7) is 6.20. The number of fused-ring (bicyclic) bond motifs is 1. The summed E-state index contributed by atoms with van der Waals surface area (Å²) in [5, 5.41) is 15.7. The van der Waals surface area contributed by atoms with E-state index in [4.69, 9.17) is 9.72 Å².